The van der Waals surface area contributed by atoms with E-state index in [1.807, 2.05) is 13.0 Å². The zero-order chi connectivity index (χ0) is 16.1. The maximum absolute atomic E-state index is 12.2. The lowest BCUT2D eigenvalue weighted by Crippen LogP contribution is -2.30. The third-order valence-corrected chi connectivity index (χ3v) is 3.43. The van der Waals surface area contributed by atoms with Crippen LogP contribution in [0.25, 0.3) is 0 Å². The largest absolute Gasteiger partial charge is 0.467 e. The third-order valence-electron chi connectivity index (χ3n) is 3.43. The van der Waals surface area contributed by atoms with Gasteiger partial charge in [0.2, 0.25) is 5.91 Å². The normalized spacial score (nSPS) is 12.2. The van der Waals surface area contributed by atoms with E-state index in [1.54, 1.807) is 36.4 Å². The van der Waals surface area contributed by atoms with Gasteiger partial charge < -0.3 is 14.1 Å². The van der Waals surface area contributed by atoms with Gasteiger partial charge in [-0.05, 0) is 36.8 Å². The molecule has 0 aliphatic rings. The van der Waals surface area contributed by atoms with Gasteiger partial charge in [-0.1, -0.05) is 12.1 Å². The lowest BCUT2D eigenvalue weighted by Gasteiger charge is -2.23. The zero-order valence-corrected chi connectivity index (χ0v) is 12.3. The summed E-state index contributed by atoms with van der Waals surface area (Å²) >= 11 is 0. The number of amides is 1. The van der Waals surface area contributed by atoms with Crippen molar-refractivity contribution in [3.8, 4) is 5.75 Å². The molecule has 1 heterocycles. The van der Waals surface area contributed by atoms with Crippen LogP contribution in [0.2, 0.25) is 0 Å². The van der Waals surface area contributed by atoms with E-state index in [1.165, 1.54) is 12.1 Å². The average molecular weight is 309 g/mol. The molecule has 22 heavy (non-hydrogen) atoms. The Labute approximate surface area is 127 Å². The Hall–Kier alpha value is -2.37. The summed E-state index contributed by atoms with van der Waals surface area (Å²) in [5.41, 5.74) is 0.727. The molecular weight excluding hydrogens is 292 g/mol. The van der Waals surface area contributed by atoms with Crippen molar-refractivity contribution in [2.75, 3.05) is 7.05 Å². The Morgan fingerprint density at radius 1 is 1.27 bits per heavy atom. The van der Waals surface area contributed by atoms with E-state index in [0.717, 1.165) is 5.56 Å². The summed E-state index contributed by atoms with van der Waals surface area (Å²) in [5.74, 6) is 0.687. The molecule has 6 heteroatoms. The molecule has 4 nitrogen and oxygen atoms in total. The molecule has 1 atom stereocenters. The first-order chi connectivity index (χ1) is 10.5. The number of carbonyl (C=O) groups excluding carboxylic acids is 1. The average Bonchev–Trinajstić information content (AvgIpc) is 3.01. The van der Waals surface area contributed by atoms with Crippen molar-refractivity contribution in [3.63, 3.8) is 0 Å². The summed E-state index contributed by atoms with van der Waals surface area (Å²) in [6, 6.07) is 9.44. The third kappa shape index (κ3) is 4.07. The molecule has 0 saturated carbocycles. The van der Waals surface area contributed by atoms with Gasteiger partial charge in [0.15, 0.2) is 0 Å². The molecule has 1 unspecified atom stereocenters. The van der Waals surface area contributed by atoms with Gasteiger partial charge in [0.05, 0.1) is 18.7 Å². The number of halogens is 2. The molecule has 0 spiro atoms. The highest BCUT2D eigenvalue weighted by molar-refractivity contribution is 5.78. The van der Waals surface area contributed by atoms with Crippen molar-refractivity contribution in [1.82, 2.24) is 4.90 Å². The van der Waals surface area contributed by atoms with Crippen LogP contribution in [-0.4, -0.2) is 24.5 Å². The molecule has 0 radical (unpaired) electrons. The van der Waals surface area contributed by atoms with Crippen LogP contribution in [0.5, 0.6) is 5.75 Å². The van der Waals surface area contributed by atoms with Gasteiger partial charge in [0.25, 0.3) is 0 Å². The SMILES string of the molecule is CC(c1ccco1)N(C)C(=O)Cc1ccc(OC(F)F)cc1. The smallest absolute Gasteiger partial charge is 0.387 e. The molecule has 2 aromatic rings. The Kier molecular flexibility index (Phi) is 5.14. The van der Waals surface area contributed by atoms with Crippen LogP contribution in [-0.2, 0) is 11.2 Å². The fourth-order valence-corrected chi connectivity index (χ4v) is 2.02. The lowest BCUT2D eigenvalue weighted by molar-refractivity contribution is -0.131. The maximum Gasteiger partial charge on any atom is 0.387 e. The molecule has 0 saturated heterocycles. The summed E-state index contributed by atoms with van der Waals surface area (Å²) < 4.78 is 33.7. The molecule has 2 rings (SSSR count). The molecule has 0 aliphatic heterocycles. The summed E-state index contributed by atoms with van der Waals surface area (Å²) in [7, 11) is 1.70. The Balaban J connectivity index is 1.96. The maximum atomic E-state index is 12.2. The van der Waals surface area contributed by atoms with Crippen molar-refractivity contribution in [2.45, 2.75) is 26.0 Å². The zero-order valence-electron chi connectivity index (χ0n) is 12.3. The van der Waals surface area contributed by atoms with Crippen molar-refractivity contribution in [2.24, 2.45) is 0 Å². The summed E-state index contributed by atoms with van der Waals surface area (Å²) in [4.78, 5) is 13.8. The van der Waals surface area contributed by atoms with Crippen molar-refractivity contribution in [3.05, 3.63) is 54.0 Å². The highest BCUT2D eigenvalue weighted by Crippen LogP contribution is 2.20. The second-order valence-corrected chi connectivity index (χ2v) is 4.90. The van der Waals surface area contributed by atoms with Crippen molar-refractivity contribution in [1.29, 1.82) is 0 Å². The number of benzene rings is 1. The molecule has 0 aliphatic carbocycles. The van der Waals surface area contributed by atoms with Crippen LogP contribution >= 0.6 is 0 Å². The van der Waals surface area contributed by atoms with Gasteiger partial charge in [-0.2, -0.15) is 8.78 Å². The van der Waals surface area contributed by atoms with Crippen LogP contribution in [0, 0.1) is 0 Å². The Morgan fingerprint density at radius 2 is 1.95 bits per heavy atom. The van der Waals surface area contributed by atoms with Crippen LogP contribution in [0.15, 0.2) is 47.1 Å². The number of furan rings is 1. The molecule has 1 aromatic heterocycles. The Bertz CT molecular complexity index is 596. The molecule has 0 fully saturated rings. The second-order valence-electron chi connectivity index (χ2n) is 4.90. The first kappa shape index (κ1) is 16.0. The Morgan fingerprint density at radius 3 is 2.50 bits per heavy atom. The number of nitrogens with zero attached hydrogens (tertiary/aromatic N) is 1. The number of hydrogen-bond acceptors (Lipinski definition) is 3. The second kappa shape index (κ2) is 7.06. The monoisotopic (exact) mass is 309 g/mol. The van der Waals surface area contributed by atoms with E-state index < -0.39 is 6.61 Å². The predicted octanol–water partition coefficient (Wildman–Crippen LogP) is 3.64. The van der Waals surface area contributed by atoms with E-state index in [2.05, 4.69) is 4.74 Å². The highest BCUT2D eigenvalue weighted by Gasteiger charge is 2.19. The summed E-state index contributed by atoms with van der Waals surface area (Å²) in [5, 5.41) is 0. The molecule has 118 valence electrons. The minimum Gasteiger partial charge on any atom is -0.467 e. The molecule has 0 bridgehead atoms. The summed E-state index contributed by atoms with van der Waals surface area (Å²) in [6.45, 7) is -0.983. The van der Waals surface area contributed by atoms with Gasteiger partial charge in [-0.15, -0.1) is 0 Å². The van der Waals surface area contributed by atoms with Crippen LogP contribution in [0.1, 0.15) is 24.3 Å². The lowest BCUT2D eigenvalue weighted by atomic mass is 10.1. The first-order valence-electron chi connectivity index (χ1n) is 6.80. The fraction of sp³-hybridized carbons (Fsp3) is 0.312. The number of alkyl halides is 2. The van der Waals surface area contributed by atoms with Crippen LogP contribution < -0.4 is 4.74 Å². The van der Waals surface area contributed by atoms with Gasteiger partial charge in [-0.3, -0.25) is 4.79 Å². The van der Waals surface area contributed by atoms with Crippen molar-refractivity contribution < 1.29 is 22.7 Å². The number of ether oxygens (including phenoxy) is 1. The van der Waals surface area contributed by atoms with E-state index in [-0.39, 0.29) is 24.1 Å². The minimum absolute atomic E-state index is 0.0727. The first-order valence-corrected chi connectivity index (χ1v) is 6.80. The van der Waals surface area contributed by atoms with E-state index in [9.17, 15) is 13.6 Å². The van der Waals surface area contributed by atoms with E-state index >= 15 is 0 Å². The molecule has 1 aromatic carbocycles. The topological polar surface area (TPSA) is 42.7 Å². The molecule has 1 amide bonds. The van der Waals surface area contributed by atoms with Gasteiger partial charge >= 0.3 is 6.61 Å². The van der Waals surface area contributed by atoms with Gasteiger partial charge in [0, 0.05) is 7.05 Å². The number of carbonyl (C=O) groups is 1. The number of hydrogen-bond donors (Lipinski definition) is 0. The molecule has 0 N–H and O–H groups in total. The molecular formula is C16H17F2NO3. The number of rotatable bonds is 6. The van der Waals surface area contributed by atoms with Gasteiger partial charge in [0.1, 0.15) is 11.5 Å². The summed E-state index contributed by atoms with van der Waals surface area (Å²) in [6.07, 6.45) is 1.74. The fourth-order valence-electron chi connectivity index (χ4n) is 2.02. The minimum atomic E-state index is -2.85. The predicted molar refractivity (Wildman–Crippen MR) is 76.7 cm³/mol. The van der Waals surface area contributed by atoms with E-state index in [0.29, 0.717) is 5.76 Å². The van der Waals surface area contributed by atoms with Crippen molar-refractivity contribution >= 4 is 5.91 Å². The highest BCUT2D eigenvalue weighted by atomic mass is 19.3. The number of likely N-dealkylation sites (N-methyl/N-ethyl adjacent to an activating group) is 1. The standard InChI is InChI=1S/C16H17F2NO3/c1-11(14-4-3-9-21-14)19(2)15(20)10-12-5-7-13(8-6-12)22-16(17)18/h3-9,11,16H,10H2,1-2H3. The quantitative estimate of drug-likeness (QED) is 0.818. The van der Waals surface area contributed by atoms with Gasteiger partial charge in [-0.25, -0.2) is 0 Å². The van der Waals surface area contributed by atoms with E-state index in [4.69, 9.17) is 4.42 Å². The van der Waals surface area contributed by atoms with Crippen LogP contribution in [0.4, 0.5) is 8.78 Å². The van der Waals surface area contributed by atoms with Crippen LogP contribution in [0.3, 0.4) is 0 Å².